The van der Waals surface area contributed by atoms with Gasteiger partial charge in [0.1, 0.15) is 0 Å². The lowest BCUT2D eigenvalue weighted by Gasteiger charge is -2.32. The minimum atomic E-state index is -1.97. The third-order valence-corrected chi connectivity index (χ3v) is 10.3. The van der Waals surface area contributed by atoms with E-state index in [4.69, 9.17) is 19.2 Å². The normalized spacial score (nSPS) is 22.4. The summed E-state index contributed by atoms with van der Waals surface area (Å²) in [5.41, 5.74) is -7.19. The van der Waals surface area contributed by atoms with Crippen molar-refractivity contribution in [2.75, 3.05) is 4.90 Å². The van der Waals surface area contributed by atoms with Crippen molar-refractivity contribution in [3.8, 4) is 44.5 Å². The van der Waals surface area contributed by atoms with Gasteiger partial charge in [-0.2, -0.15) is 0 Å². The maximum absolute atomic E-state index is 10.3. The number of fused-ring (bicyclic) bond motifs is 6. The van der Waals surface area contributed by atoms with Crippen molar-refractivity contribution in [3.05, 3.63) is 221 Å². The fraction of sp³-hybridized carbons (Fsp3) is 0.0943. The first-order chi connectivity index (χ1) is 36.8. The molecule has 2 aliphatic rings. The standard InChI is InChI=1S/C53H41N/c1-52(2)49-27-15-24-43(38-18-8-5-9-19-38)51(49)46-33-32-42(35-50(46)52)54(40-30-28-37(29-31-40)36-16-6-4-7-17-36)41-21-14-20-39(34-41)53(3)47-25-12-10-22-44(47)45-23-11-13-26-48(45)53/h4-35H,1-3H3/i4D,5D,6D,7D,8D,10D,12D,13D,14D,15D,16D,18D,19D,20D,21D,22D,23D,24D,25D,28D,29D,30D,32D,33D,35D. The third kappa shape index (κ3) is 4.85. The summed E-state index contributed by atoms with van der Waals surface area (Å²) in [4.78, 5) is 0.904. The van der Waals surface area contributed by atoms with E-state index in [1.807, 2.05) is 0 Å². The van der Waals surface area contributed by atoms with Gasteiger partial charge in [-0.25, -0.2) is 0 Å². The molecule has 0 radical (unpaired) electrons. The average Bonchev–Trinajstić information content (AvgIpc) is 4.02. The summed E-state index contributed by atoms with van der Waals surface area (Å²) in [7, 11) is 0. The molecule has 0 spiro atoms. The predicted octanol–water partition coefficient (Wildman–Crippen LogP) is 14.1. The van der Waals surface area contributed by atoms with Gasteiger partial charge in [0.15, 0.2) is 0 Å². The molecule has 2 aliphatic carbocycles. The Labute approximate surface area is 354 Å². The number of benzene rings is 8. The van der Waals surface area contributed by atoms with Gasteiger partial charge in [-0.15, -0.1) is 0 Å². The van der Waals surface area contributed by atoms with E-state index >= 15 is 0 Å². The van der Waals surface area contributed by atoms with E-state index < -0.39 is 172 Å². The largest absolute Gasteiger partial charge is 0.310 e. The summed E-state index contributed by atoms with van der Waals surface area (Å²) in [5.74, 6) is 0. The van der Waals surface area contributed by atoms with Crippen molar-refractivity contribution < 1.29 is 34.3 Å². The first kappa shape index (κ1) is 15.5. The molecule has 10 rings (SSSR count). The van der Waals surface area contributed by atoms with Crippen molar-refractivity contribution in [2.24, 2.45) is 0 Å². The van der Waals surface area contributed by atoms with Crippen LogP contribution in [0.5, 0.6) is 0 Å². The summed E-state index contributed by atoms with van der Waals surface area (Å²) in [5, 5.41) is 0. The van der Waals surface area contributed by atoms with Crippen LogP contribution in [0.3, 0.4) is 0 Å². The van der Waals surface area contributed by atoms with E-state index in [2.05, 4.69) is 0 Å². The number of rotatable bonds is 6. The van der Waals surface area contributed by atoms with Gasteiger partial charge in [-0.3, -0.25) is 0 Å². The molecule has 1 nitrogen and oxygen atoms in total. The molecule has 0 fully saturated rings. The van der Waals surface area contributed by atoms with Gasteiger partial charge < -0.3 is 4.90 Å². The fourth-order valence-electron chi connectivity index (χ4n) is 7.53. The smallest absolute Gasteiger partial charge is 0.0648 e. The summed E-state index contributed by atoms with van der Waals surface area (Å²) in [6.07, 6.45) is 0. The molecule has 1 atom stereocenters. The highest BCUT2D eigenvalue weighted by atomic mass is 15.1. The molecule has 0 aliphatic heterocycles. The number of hydrogen-bond donors (Lipinski definition) is 0. The lowest BCUT2D eigenvalue weighted by Crippen LogP contribution is -2.23. The Hall–Kier alpha value is -6.44. The number of hydrogen-bond acceptors (Lipinski definition) is 1. The van der Waals surface area contributed by atoms with Crippen LogP contribution in [0, 0.1) is 0 Å². The first-order valence-electron chi connectivity index (χ1n) is 29.5. The second-order valence-electron chi connectivity index (χ2n) is 13.5. The van der Waals surface area contributed by atoms with Crippen molar-refractivity contribution in [1.29, 1.82) is 0 Å². The van der Waals surface area contributed by atoms with Gasteiger partial charge in [0.25, 0.3) is 0 Å². The summed E-state index contributed by atoms with van der Waals surface area (Å²) < 4.78 is 227. The number of nitrogens with zero attached hydrogens (tertiary/aromatic N) is 1. The van der Waals surface area contributed by atoms with Crippen molar-refractivity contribution in [3.63, 3.8) is 0 Å². The molecule has 1 unspecified atom stereocenters. The van der Waals surface area contributed by atoms with Gasteiger partial charge in [-0.05, 0) is 116 Å². The predicted molar refractivity (Wildman–Crippen MR) is 227 cm³/mol. The molecular formula is C53H41N. The van der Waals surface area contributed by atoms with Crippen LogP contribution in [0.25, 0.3) is 44.5 Å². The van der Waals surface area contributed by atoms with Crippen LogP contribution >= 0.6 is 0 Å². The quantitative estimate of drug-likeness (QED) is 0.166. The monoisotopic (exact) mass is 716 g/mol. The third-order valence-electron chi connectivity index (χ3n) is 10.3. The zero-order valence-corrected chi connectivity index (χ0v) is 29.0. The molecule has 8 aromatic rings. The first-order valence-corrected chi connectivity index (χ1v) is 17.0. The zero-order chi connectivity index (χ0) is 58.2. The molecule has 1 heteroatoms. The topological polar surface area (TPSA) is 3.24 Å². The molecule has 0 amide bonds. The molecule has 0 saturated heterocycles. The Morgan fingerprint density at radius 1 is 0.426 bits per heavy atom. The molecule has 0 N–H and O–H groups in total. The van der Waals surface area contributed by atoms with Crippen LogP contribution in [-0.4, -0.2) is 0 Å². The van der Waals surface area contributed by atoms with Gasteiger partial charge in [0.05, 0.1) is 34.3 Å². The SMILES string of the molecule is [2H]c1cc([2H])c2c(c1)C(C)(c1cc(N(c3cc([2H])c(-c4cc([2H])c([2H])c([2H])c4[2H])c([2H])c3[2H])c3c([2H])c([2H])c4c(c3[2H])C(C)(C)c3cc([2H])c([2H])c(-c5c([2H])cc([2H])c([2H])c5[2H])c3-4)c([2H])c([2H])c1[2H])c1c([2H])c([2H])c([2H])c([2H])c1-2. The molecule has 258 valence electrons. The molecule has 0 saturated carbocycles. The van der Waals surface area contributed by atoms with Crippen LogP contribution in [0.15, 0.2) is 194 Å². The highest BCUT2D eigenvalue weighted by molar-refractivity contribution is 5.94. The second-order valence-corrected chi connectivity index (χ2v) is 13.5. The van der Waals surface area contributed by atoms with E-state index in [1.54, 1.807) is 13.8 Å². The van der Waals surface area contributed by atoms with Gasteiger partial charge in [0.2, 0.25) is 0 Å². The Balaban J connectivity index is 1.36. The van der Waals surface area contributed by atoms with E-state index in [1.165, 1.54) is 19.1 Å². The van der Waals surface area contributed by atoms with Crippen molar-refractivity contribution in [2.45, 2.75) is 31.6 Å². The van der Waals surface area contributed by atoms with Crippen LogP contribution in [-0.2, 0) is 10.8 Å². The Kier molecular flexibility index (Phi) is 3.54. The zero-order valence-electron chi connectivity index (χ0n) is 54.0. The maximum atomic E-state index is 10.3. The van der Waals surface area contributed by atoms with E-state index in [0.717, 1.165) is 35.2 Å². The minimum absolute atomic E-state index is 0.0164. The highest BCUT2D eigenvalue weighted by Crippen LogP contribution is 2.55. The lowest BCUT2D eigenvalue weighted by atomic mass is 9.74. The van der Waals surface area contributed by atoms with Crippen molar-refractivity contribution in [1.82, 2.24) is 0 Å². The van der Waals surface area contributed by atoms with Gasteiger partial charge in [0, 0.05) is 27.9 Å². The van der Waals surface area contributed by atoms with Crippen molar-refractivity contribution >= 4 is 17.1 Å². The molecule has 0 heterocycles. The van der Waals surface area contributed by atoms with Crippen LogP contribution in [0.4, 0.5) is 17.1 Å². The van der Waals surface area contributed by atoms with Gasteiger partial charge in [-0.1, -0.05) is 171 Å². The highest BCUT2D eigenvalue weighted by Gasteiger charge is 2.41. The van der Waals surface area contributed by atoms with E-state index in [9.17, 15) is 15.1 Å². The summed E-state index contributed by atoms with van der Waals surface area (Å²) in [6.45, 7) is 4.66. The Morgan fingerprint density at radius 3 is 2.15 bits per heavy atom. The molecule has 54 heavy (non-hydrogen) atoms. The average molecular weight is 717 g/mol. The second kappa shape index (κ2) is 12.3. The number of anilines is 3. The molecular weight excluding hydrogens is 651 g/mol. The molecule has 0 aromatic heterocycles. The van der Waals surface area contributed by atoms with Crippen LogP contribution < -0.4 is 4.90 Å². The molecule has 0 bridgehead atoms. The molecule has 8 aromatic carbocycles. The van der Waals surface area contributed by atoms with Gasteiger partial charge >= 0.3 is 0 Å². The van der Waals surface area contributed by atoms with Crippen LogP contribution in [0.1, 0.15) is 82.9 Å². The van der Waals surface area contributed by atoms with Crippen LogP contribution in [0.2, 0.25) is 0 Å². The van der Waals surface area contributed by atoms with E-state index in [0.29, 0.717) is 0 Å². The Bertz CT molecular complexity index is 4150. The lowest BCUT2D eigenvalue weighted by molar-refractivity contribution is 0.660. The maximum Gasteiger partial charge on any atom is 0.0648 e. The minimum Gasteiger partial charge on any atom is -0.310 e. The Morgan fingerprint density at radius 2 is 1.20 bits per heavy atom. The summed E-state index contributed by atoms with van der Waals surface area (Å²) in [6, 6.07) is -7.64. The summed E-state index contributed by atoms with van der Waals surface area (Å²) >= 11 is 0. The fourth-order valence-corrected chi connectivity index (χ4v) is 7.53. The van der Waals surface area contributed by atoms with E-state index in [-0.39, 0.29) is 78.8 Å².